The van der Waals surface area contributed by atoms with Gasteiger partial charge in [0.1, 0.15) is 0 Å². The van der Waals surface area contributed by atoms with Crippen molar-refractivity contribution in [3.63, 3.8) is 0 Å². The number of benzene rings is 2. The van der Waals surface area contributed by atoms with Gasteiger partial charge in [-0.15, -0.1) is 0 Å². The maximum atomic E-state index is 12.7. The molecule has 0 N–H and O–H groups in total. The Balaban J connectivity index is 2.13. The zero-order valence-corrected chi connectivity index (χ0v) is 14.9. The van der Waals surface area contributed by atoms with E-state index in [1.807, 2.05) is 60.7 Å². The molecule has 2 aromatic rings. The molecule has 1 heterocycles. The lowest BCUT2D eigenvalue weighted by Crippen LogP contribution is -2.48. The molecule has 1 aliphatic heterocycles. The van der Waals surface area contributed by atoms with Gasteiger partial charge in [0.05, 0.1) is 20.3 Å². The van der Waals surface area contributed by atoms with E-state index < -0.39 is 36.2 Å². The highest BCUT2D eigenvalue weighted by Gasteiger charge is 2.54. The minimum atomic E-state index is -1.40. The topological polar surface area (TPSA) is 82.1 Å². The van der Waals surface area contributed by atoms with Gasteiger partial charge < -0.3 is 14.2 Å². The molecule has 2 atom stereocenters. The molecule has 27 heavy (non-hydrogen) atoms. The summed E-state index contributed by atoms with van der Waals surface area (Å²) in [5.74, 6) is -1.57. The molecule has 1 saturated heterocycles. The van der Waals surface area contributed by atoms with Crippen molar-refractivity contribution in [3.8, 4) is 0 Å². The summed E-state index contributed by atoms with van der Waals surface area (Å²) in [6.45, 7) is 0. The van der Waals surface area contributed by atoms with Crippen molar-refractivity contribution in [1.29, 1.82) is 0 Å². The fraction of sp³-hybridized carbons (Fsp3) is 0.250. The number of hydrogen-bond donors (Lipinski definition) is 0. The quantitative estimate of drug-likeness (QED) is 0.594. The van der Waals surface area contributed by atoms with E-state index in [2.05, 4.69) is 0 Å². The third-order valence-electron chi connectivity index (χ3n) is 4.41. The second-order valence-electron chi connectivity index (χ2n) is 5.93. The Morgan fingerprint density at radius 1 is 0.889 bits per heavy atom. The summed E-state index contributed by atoms with van der Waals surface area (Å²) in [5.41, 5.74) is 1.53. The number of esters is 2. The molecule has 2 unspecified atom stereocenters. The summed E-state index contributed by atoms with van der Waals surface area (Å²) in [6, 6.07) is 16.5. The molecule has 3 rings (SSSR count). The molecule has 0 bridgehead atoms. The van der Waals surface area contributed by atoms with Crippen LogP contribution in [0, 0.1) is 0 Å². The van der Waals surface area contributed by atoms with Gasteiger partial charge in [-0.25, -0.2) is 14.4 Å². The third-order valence-corrected chi connectivity index (χ3v) is 4.41. The summed E-state index contributed by atoms with van der Waals surface area (Å²) in [6.07, 6.45) is -2.19. The van der Waals surface area contributed by atoms with Crippen LogP contribution >= 0.6 is 0 Å². The number of nitrogens with zero attached hydrogens (tertiary/aromatic N) is 1. The minimum absolute atomic E-state index is 0.640. The zero-order chi connectivity index (χ0) is 19.4. The number of ether oxygens (including phenoxy) is 3. The van der Waals surface area contributed by atoms with E-state index in [9.17, 15) is 14.4 Å². The highest BCUT2D eigenvalue weighted by molar-refractivity contribution is 5.94. The predicted molar refractivity (Wildman–Crippen MR) is 94.7 cm³/mol. The van der Waals surface area contributed by atoms with E-state index in [0.717, 1.165) is 11.1 Å². The first-order valence-electron chi connectivity index (χ1n) is 8.33. The van der Waals surface area contributed by atoms with E-state index in [-0.39, 0.29) is 0 Å². The minimum Gasteiger partial charge on any atom is -0.467 e. The fourth-order valence-corrected chi connectivity index (χ4v) is 3.19. The Labute approximate surface area is 156 Å². The normalized spacial score (nSPS) is 18.9. The van der Waals surface area contributed by atoms with Gasteiger partial charge in [0.25, 0.3) is 0 Å². The van der Waals surface area contributed by atoms with Crippen LogP contribution in [0.4, 0.5) is 4.79 Å². The number of amides is 1. The van der Waals surface area contributed by atoms with E-state index in [4.69, 9.17) is 14.2 Å². The molecule has 7 heteroatoms. The molecule has 0 saturated carbocycles. The van der Waals surface area contributed by atoms with Crippen LogP contribution < -0.4 is 0 Å². The summed E-state index contributed by atoms with van der Waals surface area (Å²) >= 11 is 0. The summed E-state index contributed by atoms with van der Waals surface area (Å²) in [7, 11) is 2.36. The second-order valence-corrected chi connectivity index (χ2v) is 5.93. The molecule has 7 nitrogen and oxygen atoms in total. The van der Waals surface area contributed by atoms with Crippen molar-refractivity contribution < 1.29 is 28.6 Å². The van der Waals surface area contributed by atoms with E-state index in [1.165, 1.54) is 19.1 Å². The average molecular weight is 369 g/mol. The molecule has 1 amide bonds. The molecule has 0 spiro atoms. The first-order chi connectivity index (χ1) is 13.1. The highest BCUT2D eigenvalue weighted by Crippen LogP contribution is 2.36. The first kappa shape index (κ1) is 18.4. The van der Waals surface area contributed by atoms with Crippen LogP contribution in [0.3, 0.4) is 0 Å². The van der Waals surface area contributed by atoms with Crippen LogP contribution in [0.25, 0.3) is 0 Å². The van der Waals surface area contributed by atoms with Crippen LogP contribution in [-0.2, 0) is 23.8 Å². The van der Waals surface area contributed by atoms with Crippen molar-refractivity contribution in [1.82, 2.24) is 4.90 Å². The zero-order valence-electron chi connectivity index (χ0n) is 14.9. The van der Waals surface area contributed by atoms with Gasteiger partial charge in [-0.1, -0.05) is 60.7 Å². The van der Waals surface area contributed by atoms with Crippen molar-refractivity contribution in [2.45, 2.75) is 18.2 Å². The van der Waals surface area contributed by atoms with E-state index in [1.54, 1.807) is 0 Å². The first-order valence-corrected chi connectivity index (χ1v) is 8.33. The number of rotatable bonds is 5. The van der Waals surface area contributed by atoms with Gasteiger partial charge in [-0.05, 0) is 11.1 Å². The van der Waals surface area contributed by atoms with Crippen LogP contribution in [0.1, 0.15) is 17.2 Å². The Hall–Kier alpha value is -3.35. The summed E-state index contributed by atoms with van der Waals surface area (Å²) in [5, 5.41) is 0. The fourth-order valence-electron chi connectivity index (χ4n) is 3.19. The van der Waals surface area contributed by atoms with Gasteiger partial charge >= 0.3 is 18.0 Å². The van der Waals surface area contributed by atoms with E-state index >= 15 is 0 Å². The smallest absolute Gasteiger partial charge is 0.412 e. The molecule has 1 aliphatic rings. The largest absolute Gasteiger partial charge is 0.467 e. The number of cyclic esters (lactones) is 1. The standard InChI is InChI=1S/C20H19NO6/c1-25-18(22)16-17(19(23)26-2)27-20(24)21(16)15(13-9-5-3-6-10-13)14-11-7-4-8-12-14/h3-12,15-17H,1-2H3. The SMILES string of the molecule is COC(=O)C1OC(=O)N(C(c2ccccc2)c2ccccc2)C1C(=O)OC. The molecular weight excluding hydrogens is 350 g/mol. The van der Waals surface area contributed by atoms with Gasteiger partial charge in [0.2, 0.25) is 6.10 Å². The number of hydrogen-bond acceptors (Lipinski definition) is 6. The van der Waals surface area contributed by atoms with Crippen molar-refractivity contribution >= 4 is 18.0 Å². The van der Waals surface area contributed by atoms with Crippen molar-refractivity contribution in [2.24, 2.45) is 0 Å². The lowest BCUT2D eigenvalue weighted by molar-refractivity contribution is -0.158. The van der Waals surface area contributed by atoms with Crippen LogP contribution in [0.5, 0.6) is 0 Å². The molecule has 140 valence electrons. The van der Waals surface area contributed by atoms with Crippen LogP contribution in [0.15, 0.2) is 60.7 Å². The van der Waals surface area contributed by atoms with Gasteiger partial charge in [-0.2, -0.15) is 0 Å². The maximum Gasteiger partial charge on any atom is 0.412 e. The molecule has 0 aromatic heterocycles. The van der Waals surface area contributed by atoms with Crippen molar-refractivity contribution in [3.05, 3.63) is 71.8 Å². The lowest BCUT2D eigenvalue weighted by Gasteiger charge is -2.30. The lowest BCUT2D eigenvalue weighted by atomic mass is 9.95. The highest BCUT2D eigenvalue weighted by atomic mass is 16.6. The number of carbonyl (C=O) groups excluding carboxylic acids is 3. The third kappa shape index (κ3) is 3.48. The van der Waals surface area contributed by atoms with Crippen molar-refractivity contribution in [2.75, 3.05) is 14.2 Å². The maximum absolute atomic E-state index is 12.7. The Morgan fingerprint density at radius 2 is 1.37 bits per heavy atom. The monoisotopic (exact) mass is 369 g/mol. The van der Waals surface area contributed by atoms with Gasteiger partial charge in [0, 0.05) is 0 Å². The van der Waals surface area contributed by atoms with E-state index in [0.29, 0.717) is 0 Å². The van der Waals surface area contributed by atoms with Gasteiger partial charge in [-0.3, -0.25) is 4.90 Å². The molecule has 0 aliphatic carbocycles. The molecule has 0 radical (unpaired) electrons. The molecule has 2 aromatic carbocycles. The predicted octanol–water partition coefficient (Wildman–Crippen LogP) is 2.31. The average Bonchev–Trinajstić information content (AvgIpc) is 3.05. The number of carbonyl (C=O) groups is 3. The molecular formula is C20H19NO6. The second kappa shape index (κ2) is 7.90. The van der Waals surface area contributed by atoms with Crippen LogP contribution in [-0.4, -0.2) is 49.3 Å². The van der Waals surface area contributed by atoms with Crippen LogP contribution in [0.2, 0.25) is 0 Å². The summed E-state index contributed by atoms with van der Waals surface area (Å²) in [4.78, 5) is 38.5. The Bertz CT molecular complexity index is 783. The molecule has 1 fully saturated rings. The Morgan fingerprint density at radius 3 is 1.81 bits per heavy atom. The number of methoxy groups -OCH3 is 2. The summed E-state index contributed by atoms with van der Waals surface area (Å²) < 4.78 is 14.7. The van der Waals surface area contributed by atoms with Gasteiger partial charge in [0.15, 0.2) is 6.04 Å². The Kier molecular flexibility index (Phi) is 5.40.